The molecule has 0 radical (unpaired) electrons. The Labute approximate surface area is 111 Å². The van der Waals surface area contributed by atoms with Crippen molar-refractivity contribution in [2.24, 2.45) is 0 Å². The van der Waals surface area contributed by atoms with Crippen molar-refractivity contribution in [3.63, 3.8) is 0 Å². The molecule has 1 nitrogen and oxygen atoms in total. The lowest BCUT2D eigenvalue weighted by molar-refractivity contribution is 1.44. The minimum atomic E-state index is 0.829. The van der Waals surface area contributed by atoms with Crippen molar-refractivity contribution in [1.82, 2.24) is 0 Å². The summed E-state index contributed by atoms with van der Waals surface area (Å²) in [6.07, 6.45) is 0. The Kier molecular flexibility index (Phi) is 2.95. The summed E-state index contributed by atoms with van der Waals surface area (Å²) in [6, 6.07) is 22.7. The molecule has 0 aliphatic heterocycles. The number of hydrogen-bond donors (Lipinski definition) is 1. The number of para-hydroxylation sites is 1. The molecule has 3 rings (SSSR count). The van der Waals surface area contributed by atoms with Crippen LogP contribution in [0.25, 0.3) is 10.8 Å². The van der Waals surface area contributed by atoms with Crippen LogP contribution in [0.1, 0.15) is 0 Å². The zero-order valence-electron chi connectivity index (χ0n) is 9.84. The summed E-state index contributed by atoms with van der Waals surface area (Å²) in [5.74, 6) is 0. The Morgan fingerprint density at radius 2 is 1.33 bits per heavy atom. The van der Waals surface area contributed by atoms with E-state index in [-0.39, 0.29) is 0 Å². The van der Waals surface area contributed by atoms with Crippen LogP contribution in [0.3, 0.4) is 0 Å². The highest BCUT2D eigenvalue weighted by Crippen LogP contribution is 2.35. The second kappa shape index (κ2) is 4.75. The van der Waals surface area contributed by atoms with E-state index in [2.05, 4.69) is 48.5 Å². The number of anilines is 1. The van der Waals surface area contributed by atoms with Crippen molar-refractivity contribution in [3.05, 3.63) is 66.7 Å². The molecule has 0 aliphatic rings. The van der Waals surface area contributed by atoms with Gasteiger partial charge in [-0.1, -0.05) is 60.3 Å². The third-order valence-electron chi connectivity index (χ3n) is 2.89. The molecule has 0 amide bonds. The fourth-order valence-corrected chi connectivity index (χ4v) is 2.99. The summed E-state index contributed by atoms with van der Waals surface area (Å²) in [6.45, 7) is 0. The molecule has 0 fully saturated rings. The van der Waals surface area contributed by atoms with Gasteiger partial charge in [-0.2, -0.15) is 0 Å². The molecule has 0 aliphatic carbocycles. The fraction of sp³-hybridized carbons (Fsp3) is 0. The van der Waals surface area contributed by atoms with Crippen LogP contribution in [0, 0.1) is 0 Å². The SMILES string of the molecule is Nc1ccccc1Sc1cccc2ccccc12. The number of hydrogen-bond acceptors (Lipinski definition) is 2. The largest absolute Gasteiger partial charge is 0.398 e. The molecular formula is C16H13NS. The lowest BCUT2D eigenvalue weighted by Gasteiger charge is -2.08. The van der Waals surface area contributed by atoms with E-state index in [4.69, 9.17) is 5.73 Å². The predicted octanol–water partition coefficient (Wildman–Crippen LogP) is 4.57. The van der Waals surface area contributed by atoms with Gasteiger partial charge in [0.2, 0.25) is 0 Å². The highest BCUT2D eigenvalue weighted by atomic mass is 32.2. The quantitative estimate of drug-likeness (QED) is 0.675. The van der Waals surface area contributed by atoms with Crippen molar-refractivity contribution < 1.29 is 0 Å². The zero-order chi connectivity index (χ0) is 12.4. The highest BCUT2D eigenvalue weighted by Gasteiger charge is 2.04. The Morgan fingerprint density at radius 1 is 0.667 bits per heavy atom. The second-order valence-corrected chi connectivity index (χ2v) is 5.20. The van der Waals surface area contributed by atoms with E-state index in [1.54, 1.807) is 11.8 Å². The predicted molar refractivity (Wildman–Crippen MR) is 78.9 cm³/mol. The van der Waals surface area contributed by atoms with Crippen LogP contribution in [-0.4, -0.2) is 0 Å². The summed E-state index contributed by atoms with van der Waals surface area (Å²) in [7, 11) is 0. The van der Waals surface area contributed by atoms with E-state index in [1.807, 2.05) is 18.2 Å². The van der Waals surface area contributed by atoms with Gasteiger partial charge in [0.05, 0.1) is 0 Å². The molecule has 0 bridgehead atoms. The van der Waals surface area contributed by atoms with Gasteiger partial charge >= 0.3 is 0 Å². The molecule has 0 spiro atoms. The van der Waals surface area contributed by atoms with Gasteiger partial charge in [-0.05, 0) is 29.0 Å². The van der Waals surface area contributed by atoms with Gasteiger partial charge in [0.15, 0.2) is 0 Å². The topological polar surface area (TPSA) is 26.0 Å². The van der Waals surface area contributed by atoms with Gasteiger partial charge in [-0.15, -0.1) is 0 Å². The first kappa shape index (κ1) is 11.2. The fourth-order valence-electron chi connectivity index (χ4n) is 1.98. The Morgan fingerprint density at radius 3 is 2.22 bits per heavy atom. The summed E-state index contributed by atoms with van der Waals surface area (Å²) in [4.78, 5) is 2.35. The van der Waals surface area contributed by atoms with E-state index >= 15 is 0 Å². The zero-order valence-corrected chi connectivity index (χ0v) is 10.7. The number of rotatable bonds is 2. The highest BCUT2D eigenvalue weighted by molar-refractivity contribution is 7.99. The number of fused-ring (bicyclic) bond motifs is 1. The Bertz CT molecular complexity index is 686. The van der Waals surface area contributed by atoms with E-state index in [1.165, 1.54) is 15.7 Å². The standard InChI is InChI=1S/C16H13NS/c17-14-9-3-4-10-16(14)18-15-11-5-7-12-6-1-2-8-13(12)15/h1-11H,17H2. The number of benzene rings is 3. The average molecular weight is 251 g/mol. The number of nitrogens with two attached hydrogens (primary N) is 1. The van der Waals surface area contributed by atoms with Gasteiger partial charge in [-0.3, -0.25) is 0 Å². The van der Waals surface area contributed by atoms with Crippen LogP contribution in [0.15, 0.2) is 76.5 Å². The van der Waals surface area contributed by atoms with Crippen molar-refractivity contribution in [2.75, 3.05) is 5.73 Å². The third kappa shape index (κ3) is 2.07. The molecule has 3 aromatic carbocycles. The van der Waals surface area contributed by atoms with E-state index in [0.717, 1.165) is 10.6 Å². The van der Waals surface area contributed by atoms with Crippen molar-refractivity contribution in [1.29, 1.82) is 0 Å². The Balaban J connectivity index is 2.08. The van der Waals surface area contributed by atoms with E-state index < -0.39 is 0 Å². The normalized spacial score (nSPS) is 10.7. The first-order valence-electron chi connectivity index (χ1n) is 5.85. The minimum Gasteiger partial charge on any atom is -0.398 e. The van der Waals surface area contributed by atoms with Crippen molar-refractivity contribution in [3.8, 4) is 0 Å². The van der Waals surface area contributed by atoms with Crippen LogP contribution >= 0.6 is 11.8 Å². The monoisotopic (exact) mass is 251 g/mol. The number of nitrogen functional groups attached to an aromatic ring is 1. The molecule has 3 aromatic rings. The molecule has 18 heavy (non-hydrogen) atoms. The third-order valence-corrected chi connectivity index (χ3v) is 4.06. The van der Waals surface area contributed by atoms with Crippen LogP contribution in [-0.2, 0) is 0 Å². The minimum absolute atomic E-state index is 0.829. The lowest BCUT2D eigenvalue weighted by atomic mass is 10.1. The molecule has 0 unspecified atom stereocenters. The van der Waals surface area contributed by atoms with Gasteiger partial charge in [0.25, 0.3) is 0 Å². The molecule has 0 aromatic heterocycles. The maximum atomic E-state index is 5.99. The van der Waals surface area contributed by atoms with Gasteiger partial charge in [0.1, 0.15) is 0 Å². The summed E-state index contributed by atoms with van der Waals surface area (Å²) in [5, 5.41) is 2.53. The Hall–Kier alpha value is -1.93. The molecule has 2 heteroatoms. The molecule has 0 saturated heterocycles. The first-order valence-corrected chi connectivity index (χ1v) is 6.66. The maximum Gasteiger partial charge on any atom is 0.0455 e. The maximum absolute atomic E-state index is 5.99. The second-order valence-electron chi connectivity index (χ2n) is 4.12. The van der Waals surface area contributed by atoms with Crippen LogP contribution in [0.5, 0.6) is 0 Å². The summed E-state index contributed by atoms with van der Waals surface area (Å²) >= 11 is 1.72. The van der Waals surface area contributed by atoms with E-state index in [0.29, 0.717) is 0 Å². The smallest absolute Gasteiger partial charge is 0.0455 e. The molecule has 88 valence electrons. The van der Waals surface area contributed by atoms with Gasteiger partial charge in [-0.25, -0.2) is 0 Å². The summed E-state index contributed by atoms with van der Waals surface area (Å²) < 4.78 is 0. The van der Waals surface area contributed by atoms with Crippen LogP contribution in [0.4, 0.5) is 5.69 Å². The average Bonchev–Trinajstić information content (AvgIpc) is 2.42. The van der Waals surface area contributed by atoms with Gasteiger partial charge < -0.3 is 5.73 Å². The van der Waals surface area contributed by atoms with Gasteiger partial charge in [0, 0.05) is 15.5 Å². The molecule has 0 saturated carbocycles. The van der Waals surface area contributed by atoms with E-state index in [9.17, 15) is 0 Å². The van der Waals surface area contributed by atoms with Crippen molar-refractivity contribution >= 4 is 28.2 Å². The first-order chi connectivity index (χ1) is 8.84. The van der Waals surface area contributed by atoms with Crippen LogP contribution < -0.4 is 5.73 Å². The summed E-state index contributed by atoms with van der Waals surface area (Å²) in [5.41, 5.74) is 6.82. The molecule has 0 atom stereocenters. The van der Waals surface area contributed by atoms with Crippen LogP contribution in [0.2, 0.25) is 0 Å². The van der Waals surface area contributed by atoms with Crippen molar-refractivity contribution in [2.45, 2.75) is 9.79 Å². The lowest BCUT2D eigenvalue weighted by Crippen LogP contribution is -1.87. The molecular weight excluding hydrogens is 238 g/mol. The molecule has 0 heterocycles. The molecule has 2 N–H and O–H groups in total.